The summed E-state index contributed by atoms with van der Waals surface area (Å²) in [6, 6.07) is 14.3. The molecule has 4 rings (SSSR count). The number of benzene rings is 2. The Bertz CT molecular complexity index is 1140. The lowest BCUT2D eigenvalue weighted by Crippen LogP contribution is -2.42. The van der Waals surface area contributed by atoms with E-state index in [1.54, 1.807) is 36.8 Å². The summed E-state index contributed by atoms with van der Waals surface area (Å²) in [6.07, 6.45) is 6.33. The largest absolute Gasteiger partial charge is 0.497 e. The van der Waals surface area contributed by atoms with Crippen molar-refractivity contribution in [2.75, 3.05) is 20.2 Å². The molecule has 0 unspecified atom stereocenters. The summed E-state index contributed by atoms with van der Waals surface area (Å²) in [5.74, 6) is 0.378. The fraction of sp³-hybridized carbons (Fsp3) is 0.304. The third kappa shape index (κ3) is 4.84. The van der Waals surface area contributed by atoms with Gasteiger partial charge < -0.3 is 14.6 Å². The molecule has 1 aliphatic heterocycles. The Morgan fingerprint density at radius 2 is 1.78 bits per heavy atom. The van der Waals surface area contributed by atoms with Crippen LogP contribution in [0.1, 0.15) is 18.4 Å². The Kier molecular flexibility index (Phi) is 6.57. The molecule has 0 aliphatic carbocycles. The Balaban J connectivity index is 1.28. The monoisotopic (exact) mass is 454 g/mol. The maximum atomic E-state index is 12.9. The van der Waals surface area contributed by atoms with Gasteiger partial charge in [0.15, 0.2) is 0 Å². The van der Waals surface area contributed by atoms with Gasteiger partial charge in [-0.3, -0.25) is 4.79 Å². The predicted octanol–water partition coefficient (Wildman–Crippen LogP) is 2.60. The van der Waals surface area contributed by atoms with Gasteiger partial charge in [-0.25, -0.2) is 13.4 Å². The molecular formula is C23H26N4O4S. The highest BCUT2D eigenvalue weighted by Gasteiger charge is 2.32. The molecule has 1 N–H and O–H groups in total. The number of nitrogens with one attached hydrogen (secondary N) is 1. The van der Waals surface area contributed by atoms with Gasteiger partial charge in [0.1, 0.15) is 5.75 Å². The van der Waals surface area contributed by atoms with Gasteiger partial charge in [0.2, 0.25) is 15.9 Å². The molecule has 2 aromatic carbocycles. The first-order chi connectivity index (χ1) is 15.5. The molecule has 1 saturated heterocycles. The number of carbonyl (C=O) groups is 1. The van der Waals surface area contributed by atoms with Gasteiger partial charge in [-0.05, 0) is 54.8 Å². The van der Waals surface area contributed by atoms with Crippen LogP contribution in [-0.4, -0.2) is 48.4 Å². The van der Waals surface area contributed by atoms with Crippen LogP contribution >= 0.6 is 0 Å². The molecule has 32 heavy (non-hydrogen) atoms. The molecule has 0 atom stereocenters. The molecule has 0 bridgehead atoms. The van der Waals surface area contributed by atoms with Gasteiger partial charge in [0.25, 0.3) is 0 Å². The maximum Gasteiger partial charge on any atom is 0.243 e. The number of ether oxygens (including phenoxy) is 1. The van der Waals surface area contributed by atoms with E-state index < -0.39 is 10.0 Å². The Morgan fingerprint density at radius 1 is 1.09 bits per heavy atom. The van der Waals surface area contributed by atoms with Crippen molar-refractivity contribution in [2.24, 2.45) is 5.92 Å². The number of methoxy groups -OCH3 is 1. The number of sulfonamides is 1. The third-order valence-corrected chi connectivity index (χ3v) is 7.64. The van der Waals surface area contributed by atoms with Crippen molar-refractivity contribution in [1.82, 2.24) is 19.2 Å². The van der Waals surface area contributed by atoms with E-state index in [0.29, 0.717) is 38.2 Å². The number of piperidine rings is 1. The number of carbonyl (C=O) groups excluding carboxylic acids is 1. The summed E-state index contributed by atoms with van der Waals surface area (Å²) in [5, 5.41) is 2.98. The first-order valence-electron chi connectivity index (χ1n) is 10.5. The van der Waals surface area contributed by atoms with Crippen molar-refractivity contribution >= 4 is 15.9 Å². The normalized spacial score (nSPS) is 15.4. The Hall–Kier alpha value is -3.17. The zero-order chi connectivity index (χ0) is 22.6. The lowest BCUT2D eigenvalue weighted by Gasteiger charge is -2.30. The van der Waals surface area contributed by atoms with Crippen molar-refractivity contribution in [1.29, 1.82) is 0 Å². The minimum absolute atomic E-state index is 0.0369. The number of hydrogen-bond acceptors (Lipinski definition) is 5. The lowest BCUT2D eigenvalue weighted by atomic mass is 9.97. The van der Waals surface area contributed by atoms with E-state index in [4.69, 9.17) is 4.74 Å². The fourth-order valence-electron chi connectivity index (χ4n) is 3.79. The fourth-order valence-corrected chi connectivity index (χ4v) is 5.26. The first kappa shape index (κ1) is 22.0. The summed E-state index contributed by atoms with van der Waals surface area (Å²) < 4.78 is 34.2. The molecule has 3 aromatic rings. The van der Waals surface area contributed by atoms with Crippen LogP contribution < -0.4 is 10.1 Å². The van der Waals surface area contributed by atoms with Gasteiger partial charge in [-0.1, -0.05) is 12.1 Å². The average Bonchev–Trinajstić information content (AvgIpc) is 3.38. The number of imidazole rings is 1. The first-order valence-corrected chi connectivity index (χ1v) is 11.9. The average molecular weight is 455 g/mol. The molecule has 8 nitrogen and oxygen atoms in total. The second-order valence-corrected chi connectivity index (χ2v) is 9.65. The van der Waals surface area contributed by atoms with Crippen molar-refractivity contribution in [3.8, 4) is 11.4 Å². The molecule has 2 heterocycles. The second-order valence-electron chi connectivity index (χ2n) is 7.71. The molecular weight excluding hydrogens is 428 g/mol. The highest BCUT2D eigenvalue weighted by atomic mass is 32.2. The predicted molar refractivity (Wildman–Crippen MR) is 120 cm³/mol. The van der Waals surface area contributed by atoms with Crippen LogP contribution in [0.4, 0.5) is 0 Å². The minimum Gasteiger partial charge on any atom is -0.497 e. The van der Waals surface area contributed by atoms with E-state index in [1.807, 2.05) is 35.0 Å². The summed E-state index contributed by atoms with van der Waals surface area (Å²) in [4.78, 5) is 16.9. The topological polar surface area (TPSA) is 93.5 Å². The van der Waals surface area contributed by atoms with E-state index in [1.165, 1.54) is 11.4 Å². The van der Waals surface area contributed by atoms with E-state index in [0.717, 1.165) is 11.3 Å². The SMILES string of the molecule is COc1ccc(S(=O)(=O)N2CCC(C(=O)NCc3ccc(-n4ccnc4)cc3)CC2)cc1. The molecule has 1 aliphatic rings. The lowest BCUT2D eigenvalue weighted by molar-refractivity contribution is -0.126. The summed E-state index contributed by atoms with van der Waals surface area (Å²) in [5.41, 5.74) is 2.00. The zero-order valence-corrected chi connectivity index (χ0v) is 18.7. The van der Waals surface area contributed by atoms with Gasteiger partial charge in [-0.2, -0.15) is 4.31 Å². The standard InChI is InChI=1S/C23H26N4O4S/c1-31-21-6-8-22(9-7-21)32(29,30)27-13-10-19(11-14-27)23(28)25-16-18-2-4-20(5-3-18)26-15-12-24-17-26/h2-9,12,15,17,19H,10-11,13-14,16H2,1H3,(H,25,28). The Morgan fingerprint density at radius 3 is 2.38 bits per heavy atom. The van der Waals surface area contributed by atoms with E-state index in [9.17, 15) is 13.2 Å². The summed E-state index contributed by atoms with van der Waals surface area (Å²) in [6.45, 7) is 1.09. The minimum atomic E-state index is -3.57. The van der Waals surface area contributed by atoms with Crippen molar-refractivity contribution in [2.45, 2.75) is 24.3 Å². The third-order valence-electron chi connectivity index (χ3n) is 5.73. The van der Waals surface area contributed by atoms with Gasteiger partial charge in [0.05, 0.1) is 18.3 Å². The van der Waals surface area contributed by atoms with E-state index >= 15 is 0 Å². The van der Waals surface area contributed by atoms with E-state index in [2.05, 4.69) is 10.3 Å². The molecule has 1 fully saturated rings. The van der Waals surface area contributed by atoms with Crippen LogP contribution in [0, 0.1) is 5.92 Å². The van der Waals surface area contributed by atoms with Crippen LogP contribution in [0.15, 0.2) is 72.1 Å². The second kappa shape index (κ2) is 9.54. The summed E-state index contributed by atoms with van der Waals surface area (Å²) in [7, 11) is -2.04. The number of rotatable bonds is 7. The van der Waals surface area contributed by atoms with Crippen molar-refractivity contribution in [3.63, 3.8) is 0 Å². The van der Waals surface area contributed by atoms with Crippen LogP contribution in [0.2, 0.25) is 0 Å². The van der Waals surface area contributed by atoms with Crippen molar-refractivity contribution < 1.29 is 17.9 Å². The van der Waals surface area contributed by atoms with Crippen molar-refractivity contribution in [3.05, 3.63) is 72.8 Å². The molecule has 0 saturated carbocycles. The van der Waals surface area contributed by atoms with Gasteiger partial charge in [0, 0.05) is 43.6 Å². The van der Waals surface area contributed by atoms with Crippen LogP contribution in [0.3, 0.4) is 0 Å². The summed E-state index contributed by atoms with van der Waals surface area (Å²) >= 11 is 0. The van der Waals surface area contributed by atoms with Gasteiger partial charge >= 0.3 is 0 Å². The zero-order valence-electron chi connectivity index (χ0n) is 17.8. The number of aromatic nitrogens is 2. The van der Waals surface area contributed by atoms with Crippen LogP contribution in [-0.2, 0) is 21.4 Å². The Labute approximate surface area is 187 Å². The highest BCUT2D eigenvalue weighted by Crippen LogP contribution is 2.25. The molecule has 0 spiro atoms. The maximum absolute atomic E-state index is 12.9. The molecule has 1 amide bonds. The highest BCUT2D eigenvalue weighted by molar-refractivity contribution is 7.89. The van der Waals surface area contributed by atoms with E-state index in [-0.39, 0.29) is 16.7 Å². The molecule has 168 valence electrons. The molecule has 0 radical (unpaired) electrons. The number of nitrogens with zero attached hydrogens (tertiary/aromatic N) is 3. The molecule has 9 heteroatoms. The van der Waals surface area contributed by atoms with Gasteiger partial charge in [-0.15, -0.1) is 0 Å². The smallest absolute Gasteiger partial charge is 0.243 e. The quantitative estimate of drug-likeness (QED) is 0.592. The van der Waals surface area contributed by atoms with Crippen LogP contribution in [0.25, 0.3) is 5.69 Å². The van der Waals surface area contributed by atoms with Crippen LogP contribution in [0.5, 0.6) is 5.75 Å². The molecule has 1 aromatic heterocycles. The number of hydrogen-bond donors (Lipinski definition) is 1. The number of amides is 1.